The quantitative estimate of drug-likeness (QED) is 0.552. The highest BCUT2D eigenvalue weighted by Gasteiger charge is 1.93. The molecule has 0 aliphatic heterocycles. The molecule has 0 bridgehead atoms. The molecule has 1 radical (unpaired) electrons. The molecule has 0 atom stereocenters. The van der Waals surface area contributed by atoms with E-state index in [1.165, 1.54) is 11.1 Å². The zero-order valence-corrected chi connectivity index (χ0v) is 6.65. The van der Waals surface area contributed by atoms with Gasteiger partial charge in [0.2, 0.25) is 0 Å². The highest BCUT2D eigenvalue weighted by Crippen LogP contribution is 2.10. The maximum absolute atomic E-state index is 3.93. The topological polar surface area (TPSA) is 0 Å². The summed E-state index contributed by atoms with van der Waals surface area (Å²) in [5.41, 5.74) is 3.84. The van der Waals surface area contributed by atoms with Crippen molar-refractivity contribution < 1.29 is 0 Å². The van der Waals surface area contributed by atoms with Gasteiger partial charge in [-0.3, -0.25) is 0 Å². The lowest BCUT2D eigenvalue weighted by Gasteiger charge is -2.02. The first-order valence-corrected chi connectivity index (χ1v) is 3.65. The van der Waals surface area contributed by atoms with Gasteiger partial charge >= 0.3 is 0 Å². The lowest BCUT2D eigenvalue weighted by Crippen LogP contribution is -1.86. The molecule has 0 nitrogen and oxygen atoms in total. The molecule has 1 rings (SSSR count). The molecule has 10 heavy (non-hydrogen) atoms. The van der Waals surface area contributed by atoms with E-state index in [0.29, 0.717) is 0 Å². The van der Waals surface area contributed by atoms with Crippen molar-refractivity contribution in [3.8, 4) is 0 Å². The molecule has 0 heteroatoms. The predicted molar refractivity (Wildman–Crippen MR) is 45.0 cm³/mol. The Labute approximate surface area is 62.9 Å². The second-order valence-corrected chi connectivity index (χ2v) is 2.63. The van der Waals surface area contributed by atoms with Crippen LogP contribution in [-0.4, -0.2) is 0 Å². The minimum absolute atomic E-state index is 1.08. The number of rotatable bonds is 1. The van der Waals surface area contributed by atoms with Crippen LogP contribution in [0.15, 0.2) is 18.2 Å². The fraction of sp³-hybridized carbons (Fsp3) is 0.300. The largest absolute Gasteiger partial charge is 0.0613 e. The minimum atomic E-state index is 1.08. The second kappa shape index (κ2) is 2.87. The first kappa shape index (κ1) is 7.33. The Balaban J connectivity index is 3.09. The van der Waals surface area contributed by atoms with Crippen LogP contribution in [-0.2, 0) is 6.42 Å². The van der Waals surface area contributed by atoms with Crippen molar-refractivity contribution in [1.82, 2.24) is 0 Å². The van der Waals surface area contributed by atoms with Gasteiger partial charge in [-0.15, -0.1) is 0 Å². The molecule has 0 saturated carbocycles. The summed E-state index contributed by atoms with van der Waals surface area (Å²) in [6.45, 7) is 8.20. The van der Waals surface area contributed by atoms with Crippen molar-refractivity contribution in [2.24, 2.45) is 0 Å². The standard InChI is InChI=1S/C10H13/c1-4-10-7-8(2)5-6-9(10)3/h5-7H,3-4H2,1-2H3. The molecule has 0 spiro atoms. The van der Waals surface area contributed by atoms with E-state index in [9.17, 15) is 0 Å². The van der Waals surface area contributed by atoms with Crippen LogP contribution in [0.3, 0.4) is 0 Å². The van der Waals surface area contributed by atoms with E-state index < -0.39 is 0 Å². The van der Waals surface area contributed by atoms with Crippen LogP contribution in [0.2, 0.25) is 0 Å². The van der Waals surface area contributed by atoms with Gasteiger partial charge in [0.15, 0.2) is 0 Å². The summed E-state index contributed by atoms with van der Waals surface area (Å²) in [6, 6.07) is 6.37. The highest BCUT2D eigenvalue weighted by molar-refractivity contribution is 5.33. The van der Waals surface area contributed by atoms with Crippen LogP contribution in [0.25, 0.3) is 0 Å². The first-order valence-electron chi connectivity index (χ1n) is 3.65. The van der Waals surface area contributed by atoms with Crippen molar-refractivity contribution >= 4 is 0 Å². The van der Waals surface area contributed by atoms with Gasteiger partial charge in [0.1, 0.15) is 0 Å². The van der Waals surface area contributed by atoms with E-state index >= 15 is 0 Å². The second-order valence-electron chi connectivity index (χ2n) is 2.63. The summed E-state index contributed by atoms with van der Waals surface area (Å²) in [4.78, 5) is 0. The van der Waals surface area contributed by atoms with Crippen LogP contribution in [0, 0.1) is 13.8 Å². The van der Waals surface area contributed by atoms with Crippen LogP contribution in [0.5, 0.6) is 0 Å². The summed E-state index contributed by atoms with van der Waals surface area (Å²) in [5, 5.41) is 0. The zero-order valence-electron chi connectivity index (χ0n) is 6.65. The normalized spacial score (nSPS) is 9.90. The van der Waals surface area contributed by atoms with Gasteiger partial charge in [0, 0.05) is 0 Å². The fourth-order valence-electron chi connectivity index (χ4n) is 1.08. The number of benzene rings is 1. The van der Waals surface area contributed by atoms with Crippen LogP contribution >= 0.6 is 0 Å². The predicted octanol–water partition coefficient (Wildman–Crippen LogP) is 2.74. The number of hydrogen-bond donors (Lipinski definition) is 0. The van der Waals surface area contributed by atoms with Crippen LogP contribution in [0.1, 0.15) is 23.6 Å². The molecule has 0 aliphatic carbocycles. The molecule has 0 aliphatic rings. The van der Waals surface area contributed by atoms with Crippen molar-refractivity contribution in [2.75, 3.05) is 0 Å². The fourth-order valence-corrected chi connectivity index (χ4v) is 1.08. The summed E-state index contributed by atoms with van der Waals surface area (Å²) < 4.78 is 0. The molecule has 0 unspecified atom stereocenters. The third-order valence-electron chi connectivity index (χ3n) is 1.74. The van der Waals surface area contributed by atoms with E-state index in [4.69, 9.17) is 0 Å². The molecule has 0 fully saturated rings. The monoisotopic (exact) mass is 133 g/mol. The molecule has 53 valence electrons. The summed E-state index contributed by atoms with van der Waals surface area (Å²) in [7, 11) is 0. The molecular formula is C10H13. The molecule has 0 saturated heterocycles. The molecular weight excluding hydrogens is 120 g/mol. The Morgan fingerprint density at radius 3 is 2.60 bits per heavy atom. The molecule has 1 aromatic carbocycles. The maximum atomic E-state index is 3.93. The lowest BCUT2D eigenvalue weighted by atomic mass is 10.0. The van der Waals surface area contributed by atoms with Gasteiger partial charge in [0.25, 0.3) is 0 Å². The van der Waals surface area contributed by atoms with Crippen LogP contribution in [0.4, 0.5) is 0 Å². The molecule has 0 aromatic heterocycles. The Bertz CT molecular complexity index is 223. The summed E-state index contributed by atoms with van der Waals surface area (Å²) in [6.07, 6.45) is 1.08. The Kier molecular flexibility index (Phi) is 2.10. The zero-order chi connectivity index (χ0) is 7.56. The molecule has 0 heterocycles. The molecule has 1 aromatic rings. The summed E-state index contributed by atoms with van der Waals surface area (Å²) >= 11 is 0. The van der Waals surface area contributed by atoms with Crippen molar-refractivity contribution in [3.63, 3.8) is 0 Å². The van der Waals surface area contributed by atoms with Gasteiger partial charge in [-0.25, -0.2) is 0 Å². The summed E-state index contributed by atoms with van der Waals surface area (Å²) in [5.74, 6) is 0. The van der Waals surface area contributed by atoms with Crippen LogP contribution < -0.4 is 0 Å². The van der Waals surface area contributed by atoms with Crippen molar-refractivity contribution in [1.29, 1.82) is 0 Å². The Morgan fingerprint density at radius 1 is 1.40 bits per heavy atom. The maximum Gasteiger partial charge on any atom is -0.0235 e. The number of aryl methyl sites for hydroxylation is 2. The van der Waals surface area contributed by atoms with E-state index in [0.717, 1.165) is 12.0 Å². The van der Waals surface area contributed by atoms with Gasteiger partial charge in [-0.2, -0.15) is 0 Å². The Hall–Kier alpha value is -0.780. The van der Waals surface area contributed by atoms with E-state index in [1.807, 2.05) is 0 Å². The van der Waals surface area contributed by atoms with Crippen molar-refractivity contribution in [3.05, 3.63) is 41.8 Å². The Morgan fingerprint density at radius 2 is 2.10 bits per heavy atom. The average Bonchev–Trinajstić information content (AvgIpc) is 1.94. The van der Waals surface area contributed by atoms with E-state index in [1.54, 1.807) is 0 Å². The first-order chi connectivity index (χ1) is 4.74. The van der Waals surface area contributed by atoms with E-state index in [-0.39, 0.29) is 0 Å². The number of hydrogen-bond acceptors (Lipinski definition) is 0. The third kappa shape index (κ3) is 1.38. The molecule has 0 N–H and O–H groups in total. The van der Waals surface area contributed by atoms with Gasteiger partial charge in [0.05, 0.1) is 0 Å². The smallest absolute Gasteiger partial charge is 0.0235 e. The van der Waals surface area contributed by atoms with Gasteiger partial charge < -0.3 is 0 Å². The minimum Gasteiger partial charge on any atom is -0.0613 e. The third-order valence-corrected chi connectivity index (χ3v) is 1.74. The average molecular weight is 133 g/mol. The van der Waals surface area contributed by atoms with Gasteiger partial charge in [-0.05, 0) is 31.4 Å². The molecule has 0 amide bonds. The highest BCUT2D eigenvalue weighted by atomic mass is 14.0. The van der Waals surface area contributed by atoms with E-state index in [2.05, 4.69) is 39.0 Å². The lowest BCUT2D eigenvalue weighted by molar-refractivity contribution is 1.12. The SMILES string of the molecule is [CH2]c1ccc(C)cc1CC. The van der Waals surface area contributed by atoms with Gasteiger partial charge in [-0.1, -0.05) is 30.7 Å². The van der Waals surface area contributed by atoms with Crippen molar-refractivity contribution in [2.45, 2.75) is 20.3 Å².